The van der Waals surface area contributed by atoms with Crippen molar-refractivity contribution in [3.63, 3.8) is 0 Å². The molecule has 0 bridgehead atoms. The molecule has 6 heteroatoms. The SMILES string of the molecule is NC(=O)CC#Cc1ccc(F)cc1C(F)(F)F. The smallest absolute Gasteiger partial charge is 0.369 e. The zero-order chi connectivity index (χ0) is 13.1. The molecule has 1 rings (SSSR count). The summed E-state index contributed by atoms with van der Waals surface area (Å²) < 4.78 is 50.2. The second-order valence-corrected chi connectivity index (χ2v) is 3.13. The molecule has 90 valence electrons. The van der Waals surface area contributed by atoms with Gasteiger partial charge in [-0.15, -0.1) is 0 Å². The predicted octanol–water partition coefficient (Wildman–Crippen LogP) is 2.07. The van der Waals surface area contributed by atoms with E-state index in [1.54, 1.807) is 0 Å². The standard InChI is InChI=1S/C11H7F4NO/c12-8-5-4-7(2-1-3-10(16)17)9(6-8)11(13,14)15/h4-6H,3H2,(H2,16,17). The second-order valence-electron chi connectivity index (χ2n) is 3.13. The number of benzene rings is 1. The van der Waals surface area contributed by atoms with Crippen molar-refractivity contribution >= 4 is 5.91 Å². The highest BCUT2D eigenvalue weighted by atomic mass is 19.4. The summed E-state index contributed by atoms with van der Waals surface area (Å²) >= 11 is 0. The van der Waals surface area contributed by atoms with Crippen LogP contribution >= 0.6 is 0 Å². The molecule has 1 amide bonds. The predicted molar refractivity (Wildman–Crippen MR) is 52.1 cm³/mol. The minimum Gasteiger partial charge on any atom is -0.369 e. The quantitative estimate of drug-likeness (QED) is 0.597. The highest BCUT2D eigenvalue weighted by Crippen LogP contribution is 2.32. The van der Waals surface area contributed by atoms with Crippen LogP contribution in [0.15, 0.2) is 18.2 Å². The normalized spacial score (nSPS) is 10.6. The van der Waals surface area contributed by atoms with Crippen LogP contribution in [-0.2, 0) is 11.0 Å². The molecular weight excluding hydrogens is 238 g/mol. The fraction of sp³-hybridized carbons (Fsp3) is 0.182. The van der Waals surface area contributed by atoms with Crippen LogP contribution in [0.25, 0.3) is 0 Å². The van der Waals surface area contributed by atoms with Gasteiger partial charge in [0.2, 0.25) is 5.91 Å². The molecule has 17 heavy (non-hydrogen) atoms. The van der Waals surface area contributed by atoms with Gasteiger partial charge in [-0.05, 0) is 18.2 Å². The number of rotatable bonds is 1. The lowest BCUT2D eigenvalue weighted by atomic mass is 10.1. The van der Waals surface area contributed by atoms with E-state index < -0.39 is 23.5 Å². The van der Waals surface area contributed by atoms with Gasteiger partial charge in [-0.3, -0.25) is 4.79 Å². The van der Waals surface area contributed by atoms with Gasteiger partial charge in [0.25, 0.3) is 0 Å². The number of primary amides is 1. The third kappa shape index (κ3) is 3.79. The van der Waals surface area contributed by atoms with Gasteiger partial charge in [0, 0.05) is 5.56 Å². The minimum absolute atomic E-state index is 0.353. The van der Waals surface area contributed by atoms with Gasteiger partial charge in [0.05, 0.1) is 12.0 Å². The van der Waals surface area contributed by atoms with Crippen molar-refractivity contribution in [3.05, 3.63) is 35.1 Å². The lowest BCUT2D eigenvalue weighted by Gasteiger charge is -2.08. The molecule has 2 N–H and O–H groups in total. The summed E-state index contributed by atoms with van der Waals surface area (Å²) in [5.41, 5.74) is 3.22. The summed E-state index contributed by atoms with van der Waals surface area (Å²) in [5.74, 6) is 2.58. The molecule has 0 aliphatic rings. The number of carbonyl (C=O) groups is 1. The third-order valence-electron chi connectivity index (χ3n) is 1.77. The maximum Gasteiger partial charge on any atom is 0.417 e. The molecule has 0 unspecified atom stereocenters. The van der Waals surface area contributed by atoms with E-state index in [1.165, 1.54) is 0 Å². The Balaban J connectivity index is 3.14. The van der Waals surface area contributed by atoms with Crippen LogP contribution < -0.4 is 5.73 Å². The van der Waals surface area contributed by atoms with E-state index in [4.69, 9.17) is 5.73 Å². The molecule has 0 aromatic heterocycles. The van der Waals surface area contributed by atoms with E-state index in [2.05, 4.69) is 11.8 Å². The molecule has 0 fully saturated rings. The number of hydrogen-bond donors (Lipinski definition) is 1. The fourth-order valence-corrected chi connectivity index (χ4v) is 1.09. The van der Waals surface area contributed by atoms with Gasteiger partial charge in [-0.1, -0.05) is 11.8 Å². The molecule has 0 aliphatic carbocycles. The van der Waals surface area contributed by atoms with Crippen LogP contribution in [0.5, 0.6) is 0 Å². The summed E-state index contributed by atoms with van der Waals surface area (Å²) in [6.45, 7) is 0. The fourth-order valence-electron chi connectivity index (χ4n) is 1.09. The van der Waals surface area contributed by atoms with Gasteiger partial charge >= 0.3 is 6.18 Å². The highest BCUT2D eigenvalue weighted by molar-refractivity contribution is 5.76. The van der Waals surface area contributed by atoms with E-state index in [0.717, 1.165) is 12.1 Å². The largest absolute Gasteiger partial charge is 0.417 e. The number of halogens is 4. The maximum absolute atomic E-state index is 12.7. The lowest BCUT2D eigenvalue weighted by Crippen LogP contribution is -2.09. The molecule has 1 aromatic rings. The zero-order valence-electron chi connectivity index (χ0n) is 8.44. The number of alkyl halides is 3. The molecule has 0 radical (unpaired) electrons. The summed E-state index contributed by atoms with van der Waals surface area (Å²) in [4.78, 5) is 10.4. The van der Waals surface area contributed by atoms with Gasteiger partial charge in [-0.2, -0.15) is 13.2 Å². The average Bonchev–Trinajstić information content (AvgIpc) is 2.18. The maximum atomic E-state index is 12.7. The topological polar surface area (TPSA) is 43.1 Å². The molecule has 0 atom stereocenters. The molecule has 0 heterocycles. The van der Waals surface area contributed by atoms with Crippen LogP contribution in [0.2, 0.25) is 0 Å². The number of amides is 1. The molecule has 1 aromatic carbocycles. The van der Waals surface area contributed by atoms with Crippen molar-refractivity contribution in [2.24, 2.45) is 5.73 Å². The van der Waals surface area contributed by atoms with Gasteiger partial charge in [-0.25, -0.2) is 4.39 Å². The van der Waals surface area contributed by atoms with Crippen LogP contribution in [-0.4, -0.2) is 5.91 Å². The summed E-state index contributed by atoms with van der Waals surface area (Å²) in [6.07, 6.45) is -5.05. The van der Waals surface area contributed by atoms with Gasteiger partial charge in [0.15, 0.2) is 0 Å². The van der Waals surface area contributed by atoms with Gasteiger partial charge in [0.1, 0.15) is 5.82 Å². The van der Waals surface area contributed by atoms with Gasteiger partial charge < -0.3 is 5.73 Å². The number of nitrogens with two attached hydrogens (primary N) is 1. The Morgan fingerprint density at radius 3 is 2.53 bits per heavy atom. The lowest BCUT2D eigenvalue weighted by molar-refractivity contribution is -0.138. The Hall–Kier alpha value is -2.03. The molecule has 2 nitrogen and oxygen atoms in total. The third-order valence-corrected chi connectivity index (χ3v) is 1.77. The van der Waals surface area contributed by atoms with Crippen molar-refractivity contribution in [2.75, 3.05) is 0 Å². The Kier molecular flexibility index (Phi) is 3.73. The van der Waals surface area contributed by atoms with Crippen LogP contribution in [0.3, 0.4) is 0 Å². The van der Waals surface area contributed by atoms with Crippen molar-refractivity contribution in [1.82, 2.24) is 0 Å². The van der Waals surface area contributed by atoms with E-state index in [0.29, 0.717) is 6.07 Å². The number of hydrogen-bond acceptors (Lipinski definition) is 1. The monoisotopic (exact) mass is 245 g/mol. The molecule has 0 saturated carbocycles. The summed E-state index contributed by atoms with van der Waals surface area (Å²) in [5, 5.41) is 0. The second kappa shape index (κ2) is 4.87. The first kappa shape index (κ1) is 13.0. The van der Waals surface area contributed by atoms with Crippen molar-refractivity contribution in [3.8, 4) is 11.8 Å². The molecule has 0 spiro atoms. The van der Waals surface area contributed by atoms with Crippen LogP contribution in [0, 0.1) is 17.7 Å². The van der Waals surface area contributed by atoms with Crippen LogP contribution in [0.4, 0.5) is 17.6 Å². The summed E-state index contributed by atoms with van der Waals surface area (Å²) in [6, 6.07) is 2.13. The Morgan fingerprint density at radius 2 is 2.00 bits per heavy atom. The Labute approximate surface area is 94.4 Å². The average molecular weight is 245 g/mol. The van der Waals surface area contributed by atoms with Crippen molar-refractivity contribution in [2.45, 2.75) is 12.6 Å². The Bertz CT molecular complexity index is 496. The molecular formula is C11H7F4NO. The van der Waals surface area contributed by atoms with E-state index in [9.17, 15) is 22.4 Å². The van der Waals surface area contributed by atoms with Crippen LogP contribution in [0.1, 0.15) is 17.5 Å². The van der Waals surface area contributed by atoms with Crippen molar-refractivity contribution < 1.29 is 22.4 Å². The Morgan fingerprint density at radius 1 is 1.35 bits per heavy atom. The first-order valence-electron chi connectivity index (χ1n) is 4.44. The minimum atomic E-state index is -4.70. The van der Waals surface area contributed by atoms with E-state index in [1.807, 2.05) is 0 Å². The summed E-state index contributed by atoms with van der Waals surface area (Å²) in [7, 11) is 0. The zero-order valence-corrected chi connectivity index (χ0v) is 8.44. The first-order chi connectivity index (χ1) is 7.80. The van der Waals surface area contributed by atoms with Crippen molar-refractivity contribution in [1.29, 1.82) is 0 Å². The van der Waals surface area contributed by atoms with E-state index in [-0.39, 0.29) is 12.0 Å². The molecule has 0 saturated heterocycles. The molecule has 0 aliphatic heterocycles. The van der Waals surface area contributed by atoms with E-state index >= 15 is 0 Å². The first-order valence-corrected chi connectivity index (χ1v) is 4.44. The number of carbonyl (C=O) groups excluding carboxylic acids is 1. The highest BCUT2D eigenvalue weighted by Gasteiger charge is 2.33.